The topological polar surface area (TPSA) is 111 Å². The second kappa shape index (κ2) is 13.8. The summed E-state index contributed by atoms with van der Waals surface area (Å²) in [6.07, 6.45) is 4.11. The van der Waals surface area contributed by atoms with Crippen LogP contribution in [0.1, 0.15) is 46.0 Å². The number of ether oxygens (including phenoxy) is 1. The van der Waals surface area contributed by atoms with Crippen LogP contribution < -0.4 is 14.5 Å². The molecule has 3 heterocycles. The summed E-state index contributed by atoms with van der Waals surface area (Å²) in [5.74, 6) is -0.394. The number of anilines is 3. The Kier molecular flexibility index (Phi) is 8.90. The second-order valence-electron chi connectivity index (χ2n) is 13.8. The summed E-state index contributed by atoms with van der Waals surface area (Å²) in [7, 11) is 0. The molecule has 9 nitrogen and oxygen atoms in total. The summed E-state index contributed by atoms with van der Waals surface area (Å²) in [6, 6.07) is 36.9. The molecule has 0 spiro atoms. The molecule has 0 unspecified atom stereocenters. The largest absolute Gasteiger partial charge is 0.454 e. The van der Waals surface area contributed by atoms with Crippen molar-refractivity contribution in [2.75, 3.05) is 16.4 Å². The molecule has 0 radical (unpaired) electrons. The van der Waals surface area contributed by atoms with E-state index in [0.717, 1.165) is 16.7 Å². The average molecular weight is 706 g/mol. The van der Waals surface area contributed by atoms with Crippen LogP contribution in [0.15, 0.2) is 133 Å². The molecule has 8 rings (SSSR count). The monoisotopic (exact) mass is 705 g/mol. The van der Waals surface area contributed by atoms with Gasteiger partial charge < -0.3 is 24.7 Å². The fraction of sp³-hybridized carbons (Fsp3) is 0.205. The van der Waals surface area contributed by atoms with E-state index < -0.39 is 17.4 Å². The highest BCUT2D eigenvalue weighted by molar-refractivity contribution is 6.14. The maximum atomic E-state index is 14.2. The third-order valence-corrected chi connectivity index (χ3v) is 10.6. The standard InChI is InChI=1S/C44H39N3O6/c1-29(11-10-20-41(49)45-27-32-13-3-2-12-31(32)25-34(45)28-48)44(52)36-15-5-6-16-37(36)46(43(44)51)26-30-21-23-33(24-22-30)47-38-17-7-9-19-40(38)53-39-18-8-4-14-35(39)42(47)50/h2-19,21-24,29,34,48,52H,20,25-28H2,1H3/b11-10+/t29-,34+,44+/m1/s1. The van der Waals surface area contributed by atoms with Gasteiger partial charge in [-0.2, -0.15) is 0 Å². The van der Waals surface area contributed by atoms with Gasteiger partial charge in [0.2, 0.25) is 5.91 Å². The minimum absolute atomic E-state index is 0.0761. The number of aliphatic hydroxyl groups is 2. The van der Waals surface area contributed by atoms with Crippen molar-refractivity contribution < 1.29 is 29.3 Å². The Morgan fingerprint density at radius 3 is 2.28 bits per heavy atom. The van der Waals surface area contributed by atoms with Gasteiger partial charge in [-0.15, -0.1) is 0 Å². The maximum Gasteiger partial charge on any atom is 0.266 e. The van der Waals surface area contributed by atoms with E-state index in [-0.39, 0.29) is 37.4 Å². The van der Waals surface area contributed by atoms with Gasteiger partial charge in [-0.3, -0.25) is 19.3 Å². The van der Waals surface area contributed by atoms with Crippen molar-refractivity contribution in [3.63, 3.8) is 0 Å². The molecule has 3 aliphatic heterocycles. The second-order valence-corrected chi connectivity index (χ2v) is 13.8. The lowest BCUT2D eigenvalue weighted by Gasteiger charge is -2.36. The van der Waals surface area contributed by atoms with Gasteiger partial charge in [0.1, 0.15) is 5.75 Å². The molecule has 0 saturated heterocycles. The van der Waals surface area contributed by atoms with Gasteiger partial charge >= 0.3 is 0 Å². The highest BCUT2D eigenvalue weighted by Crippen LogP contribution is 2.46. The van der Waals surface area contributed by atoms with Crippen LogP contribution in [0.3, 0.4) is 0 Å². The fourth-order valence-electron chi connectivity index (χ4n) is 7.73. The Balaban J connectivity index is 1.00. The lowest BCUT2D eigenvalue weighted by molar-refractivity contribution is -0.139. The molecule has 2 N–H and O–H groups in total. The molecular weight excluding hydrogens is 666 g/mol. The number of para-hydroxylation sites is 4. The van der Waals surface area contributed by atoms with Gasteiger partial charge in [-0.25, -0.2) is 0 Å². The quantitative estimate of drug-likeness (QED) is 0.168. The van der Waals surface area contributed by atoms with E-state index in [9.17, 15) is 24.6 Å². The first kappa shape index (κ1) is 34.1. The summed E-state index contributed by atoms with van der Waals surface area (Å²) in [6.45, 7) is 2.28. The number of carbonyl (C=O) groups excluding carboxylic acids is 3. The van der Waals surface area contributed by atoms with E-state index in [1.807, 2.05) is 97.1 Å². The van der Waals surface area contributed by atoms with Gasteiger partial charge in [0.05, 0.1) is 36.1 Å². The minimum atomic E-state index is -1.84. The van der Waals surface area contributed by atoms with Gasteiger partial charge in [-0.1, -0.05) is 97.9 Å². The van der Waals surface area contributed by atoms with Crippen molar-refractivity contribution in [2.45, 2.75) is 44.5 Å². The van der Waals surface area contributed by atoms with Crippen molar-refractivity contribution in [1.82, 2.24) is 4.90 Å². The van der Waals surface area contributed by atoms with Crippen LogP contribution in [0, 0.1) is 5.92 Å². The van der Waals surface area contributed by atoms with E-state index in [1.165, 1.54) is 0 Å². The van der Waals surface area contributed by atoms with E-state index in [4.69, 9.17) is 4.74 Å². The third kappa shape index (κ3) is 5.97. The number of hydrogen-bond acceptors (Lipinski definition) is 6. The van der Waals surface area contributed by atoms with Gasteiger partial charge in [0.15, 0.2) is 11.4 Å². The lowest BCUT2D eigenvalue weighted by Crippen LogP contribution is -2.46. The molecule has 0 fully saturated rings. The number of rotatable bonds is 8. The molecule has 3 aliphatic rings. The Labute approximate surface area is 308 Å². The van der Waals surface area contributed by atoms with E-state index in [1.54, 1.807) is 58.0 Å². The summed E-state index contributed by atoms with van der Waals surface area (Å²) in [5, 5.41) is 22.2. The van der Waals surface area contributed by atoms with Crippen molar-refractivity contribution in [3.05, 3.63) is 161 Å². The SMILES string of the molecule is C[C@H](/C=C/CC(=O)N1Cc2ccccc2C[C@H]1CO)[C@@]1(O)C(=O)N(Cc2ccc(N3C(=O)c4ccccc4Oc4ccccc43)cc2)c2ccccc21. The van der Waals surface area contributed by atoms with E-state index in [2.05, 4.69) is 0 Å². The van der Waals surface area contributed by atoms with Crippen molar-refractivity contribution in [2.24, 2.45) is 5.92 Å². The molecule has 0 aliphatic carbocycles. The number of amides is 3. The van der Waals surface area contributed by atoms with Crippen molar-refractivity contribution >= 4 is 34.8 Å². The number of fused-ring (bicyclic) bond motifs is 4. The molecule has 5 aromatic carbocycles. The highest BCUT2D eigenvalue weighted by Gasteiger charge is 2.52. The first-order valence-corrected chi connectivity index (χ1v) is 17.8. The lowest BCUT2D eigenvalue weighted by atomic mass is 9.83. The van der Waals surface area contributed by atoms with Crippen molar-refractivity contribution in [1.29, 1.82) is 0 Å². The maximum absolute atomic E-state index is 14.2. The molecule has 0 bridgehead atoms. The molecule has 266 valence electrons. The summed E-state index contributed by atoms with van der Waals surface area (Å²) in [4.78, 5) is 46.4. The summed E-state index contributed by atoms with van der Waals surface area (Å²) >= 11 is 0. The first-order valence-electron chi connectivity index (χ1n) is 17.8. The molecule has 9 heteroatoms. The Morgan fingerprint density at radius 1 is 0.849 bits per heavy atom. The van der Waals surface area contributed by atoms with Crippen LogP contribution in [0.4, 0.5) is 17.1 Å². The Hall–Kier alpha value is -6.03. The molecule has 3 atom stereocenters. The first-order chi connectivity index (χ1) is 25.8. The average Bonchev–Trinajstić information content (AvgIpc) is 3.32. The van der Waals surface area contributed by atoms with E-state index >= 15 is 0 Å². The van der Waals surface area contributed by atoms with Crippen LogP contribution in [0.2, 0.25) is 0 Å². The van der Waals surface area contributed by atoms with Crippen molar-refractivity contribution in [3.8, 4) is 11.5 Å². The number of nitrogens with zero attached hydrogens (tertiary/aromatic N) is 3. The number of carbonyl (C=O) groups is 3. The molecule has 0 aromatic heterocycles. The molecule has 3 amide bonds. The summed E-state index contributed by atoms with van der Waals surface area (Å²) < 4.78 is 6.14. The summed E-state index contributed by atoms with van der Waals surface area (Å²) in [5.41, 5.74) is 4.00. The van der Waals surface area contributed by atoms with Crippen LogP contribution >= 0.6 is 0 Å². The normalized spacial score (nSPS) is 19.6. The van der Waals surface area contributed by atoms with Gasteiger partial charge in [-0.05, 0) is 65.6 Å². The molecule has 53 heavy (non-hydrogen) atoms. The van der Waals surface area contributed by atoms with Gasteiger partial charge in [0.25, 0.3) is 11.8 Å². The zero-order valence-electron chi connectivity index (χ0n) is 29.3. The zero-order chi connectivity index (χ0) is 36.7. The van der Waals surface area contributed by atoms with Crippen LogP contribution in [0.5, 0.6) is 11.5 Å². The van der Waals surface area contributed by atoms with Crippen LogP contribution in [-0.2, 0) is 34.7 Å². The smallest absolute Gasteiger partial charge is 0.266 e. The number of benzene rings is 5. The fourth-order valence-corrected chi connectivity index (χ4v) is 7.73. The Bertz CT molecular complexity index is 2250. The third-order valence-electron chi connectivity index (χ3n) is 10.6. The van der Waals surface area contributed by atoms with Crippen LogP contribution in [0.25, 0.3) is 0 Å². The highest BCUT2D eigenvalue weighted by atomic mass is 16.5. The Morgan fingerprint density at radius 2 is 1.51 bits per heavy atom. The predicted octanol–water partition coefficient (Wildman–Crippen LogP) is 7.03. The van der Waals surface area contributed by atoms with Crippen LogP contribution in [-0.4, -0.2) is 45.5 Å². The molecule has 0 saturated carbocycles. The molecule has 5 aromatic rings. The van der Waals surface area contributed by atoms with Gasteiger partial charge in [0, 0.05) is 30.1 Å². The zero-order valence-corrected chi connectivity index (χ0v) is 29.3. The number of aliphatic hydroxyl groups excluding tert-OH is 1. The van der Waals surface area contributed by atoms with E-state index in [0.29, 0.717) is 52.7 Å². The molecular formula is C44H39N3O6. The predicted molar refractivity (Wildman–Crippen MR) is 202 cm³/mol. The number of hydrogen-bond donors (Lipinski definition) is 2. The minimum Gasteiger partial charge on any atom is -0.454 e.